The maximum absolute atomic E-state index is 12.7. The van der Waals surface area contributed by atoms with Crippen molar-refractivity contribution in [3.63, 3.8) is 0 Å². The highest BCUT2D eigenvalue weighted by Gasteiger charge is 2.39. The predicted octanol–water partition coefficient (Wildman–Crippen LogP) is 2.45. The van der Waals surface area contributed by atoms with Gasteiger partial charge in [0.2, 0.25) is 0 Å². The van der Waals surface area contributed by atoms with Crippen LogP contribution in [0.3, 0.4) is 0 Å². The molecule has 0 aromatic heterocycles. The summed E-state index contributed by atoms with van der Waals surface area (Å²) in [5.41, 5.74) is 0.773. The molecule has 0 saturated carbocycles. The van der Waals surface area contributed by atoms with E-state index in [1.807, 2.05) is 39.0 Å². The normalized spacial score (nSPS) is 22.7. The molecule has 2 N–H and O–H groups in total. The monoisotopic (exact) mass is 362 g/mol. The summed E-state index contributed by atoms with van der Waals surface area (Å²) in [4.78, 5) is 12.7. The van der Waals surface area contributed by atoms with Crippen molar-refractivity contribution in [2.24, 2.45) is 5.92 Å². The van der Waals surface area contributed by atoms with Gasteiger partial charge in [0.05, 0.1) is 6.04 Å². The van der Waals surface area contributed by atoms with E-state index in [0.29, 0.717) is 35.5 Å². The van der Waals surface area contributed by atoms with E-state index in [1.165, 1.54) is 0 Å². The molecule has 2 heterocycles. The summed E-state index contributed by atoms with van der Waals surface area (Å²) >= 11 is 5.24. The van der Waals surface area contributed by atoms with E-state index in [0.717, 1.165) is 5.56 Å². The maximum Gasteiger partial charge on any atom is 0.317 e. The van der Waals surface area contributed by atoms with Gasteiger partial charge in [-0.05, 0) is 50.7 Å². The zero-order valence-corrected chi connectivity index (χ0v) is 15.4. The molecule has 134 valence electrons. The van der Waals surface area contributed by atoms with Crippen molar-refractivity contribution in [3.8, 4) is 11.5 Å². The molecule has 0 radical (unpaired) electrons. The Morgan fingerprint density at radius 3 is 2.64 bits per heavy atom. The van der Waals surface area contributed by atoms with Gasteiger partial charge in [0.1, 0.15) is 24.7 Å². The molecule has 0 spiro atoms. The third-order valence-corrected chi connectivity index (χ3v) is 4.08. The van der Waals surface area contributed by atoms with Gasteiger partial charge in [-0.15, -0.1) is 0 Å². The van der Waals surface area contributed by atoms with E-state index >= 15 is 0 Å². The molecule has 3 rings (SSSR count). The Hall–Kier alpha value is -2.28. The Bertz CT molecular complexity index is 726. The summed E-state index contributed by atoms with van der Waals surface area (Å²) < 4.78 is 16.8. The van der Waals surface area contributed by atoms with Crippen LogP contribution in [0.25, 0.3) is 0 Å². The molecule has 2 aliphatic rings. The van der Waals surface area contributed by atoms with Crippen LogP contribution in [0.15, 0.2) is 30.5 Å². The van der Waals surface area contributed by atoms with Crippen molar-refractivity contribution >= 4 is 23.3 Å². The fraction of sp³-hybridized carbons (Fsp3) is 0.444. The third-order valence-electron chi connectivity index (χ3n) is 3.86. The quantitative estimate of drug-likeness (QED) is 0.619. The zero-order valence-electron chi connectivity index (χ0n) is 14.5. The highest BCUT2D eigenvalue weighted by atomic mass is 32.1. The van der Waals surface area contributed by atoms with Gasteiger partial charge in [-0.25, -0.2) is 0 Å². The lowest BCUT2D eigenvalue weighted by Gasteiger charge is -2.36. The summed E-state index contributed by atoms with van der Waals surface area (Å²) in [6.45, 7) is 10.5. The van der Waals surface area contributed by atoms with Gasteiger partial charge in [-0.3, -0.25) is 4.79 Å². The topological polar surface area (TPSA) is 68.8 Å². The standard InChI is InChI=1S/C18H22N2O4S/c1-10-14(16(21)24-18(2,3)4)15(20-17(25)19-10)11-5-6-12-13(9-11)23-8-7-22-12/h5-6,9,14-15H,1,7-8H2,2-4H3,(H2,19,20,25)/t14-,15+/m1/s1. The molecule has 7 heteroatoms. The highest BCUT2D eigenvalue weighted by molar-refractivity contribution is 7.80. The van der Waals surface area contributed by atoms with Crippen molar-refractivity contribution in [1.82, 2.24) is 10.6 Å². The van der Waals surface area contributed by atoms with Crippen LogP contribution in [-0.4, -0.2) is 29.9 Å². The average molecular weight is 362 g/mol. The molecular formula is C18H22N2O4S. The molecule has 1 aromatic rings. The lowest BCUT2D eigenvalue weighted by Crippen LogP contribution is -2.51. The number of thiocarbonyl (C=S) groups is 1. The number of ether oxygens (including phenoxy) is 3. The van der Waals surface area contributed by atoms with Gasteiger partial charge in [-0.1, -0.05) is 12.6 Å². The second kappa shape index (κ2) is 6.55. The minimum Gasteiger partial charge on any atom is -0.486 e. The summed E-state index contributed by atoms with van der Waals surface area (Å²) in [5.74, 6) is 0.371. The molecule has 0 bridgehead atoms. The van der Waals surface area contributed by atoms with Crippen molar-refractivity contribution in [2.45, 2.75) is 32.4 Å². The van der Waals surface area contributed by atoms with Crippen LogP contribution in [0.5, 0.6) is 11.5 Å². The number of fused-ring (bicyclic) bond motifs is 1. The van der Waals surface area contributed by atoms with E-state index in [2.05, 4.69) is 17.2 Å². The Morgan fingerprint density at radius 2 is 1.96 bits per heavy atom. The first-order valence-electron chi connectivity index (χ1n) is 8.13. The molecule has 6 nitrogen and oxygen atoms in total. The van der Waals surface area contributed by atoms with Gasteiger partial charge >= 0.3 is 5.97 Å². The van der Waals surface area contributed by atoms with E-state index in [1.54, 1.807) is 0 Å². The van der Waals surface area contributed by atoms with E-state index in [9.17, 15) is 4.79 Å². The van der Waals surface area contributed by atoms with Gasteiger partial charge in [0.25, 0.3) is 0 Å². The first kappa shape index (κ1) is 17.5. The van der Waals surface area contributed by atoms with Crippen LogP contribution in [-0.2, 0) is 9.53 Å². The number of hydrogen-bond acceptors (Lipinski definition) is 5. The van der Waals surface area contributed by atoms with Crippen LogP contribution >= 0.6 is 12.2 Å². The van der Waals surface area contributed by atoms with Gasteiger partial charge in [0.15, 0.2) is 16.6 Å². The fourth-order valence-electron chi connectivity index (χ4n) is 2.86. The largest absolute Gasteiger partial charge is 0.486 e. The molecule has 1 fully saturated rings. The van der Waals surface area contributed by atoms with Gasteiger partial charge < -0.3 is 24.8 Å². The van der Waals surface area contributed by atoms with Crippen molar-refractivity contribution in [1.29, 1.82) is 0 Å². The van der Waals surface area contributed by atoms with Crippen LogP contribution < -0.4 is 20.1 Å². The van der Waals surface area contributed by atoms with Crippen LogP contribution in [0.1, 0.15) is 32.4 Å². The molecular weight excluding hydrogens is 340 g/mol. The minimum absolute atomic E-state index is 0.361. The first-order chi connectivity index (χ1) is 11.7. The SMILES string of the molecule is C=C1NC(=S)N[C@@H](c2ccc3c(c2)OCCO3)[C@@H]1C(=O)OC(C)(C)C. The van der Waals surface area contributed by atoms with Crippen LogP contribution in [0.4, 0.5) is 0 Å². The number of esters is 1. The number of carbonyl (C=O) groups is 1. The predicted molar refractivity (Wildman–Crippen MR) is 97.5 cm³/mol. The highest BCUT2D eigenvalue weighted by Crippen LogP contribution is 2.37. The molecule has 0 unspecified atom stereocenters. The molecule has 2 aliphatic heterocycles. The number of benzene rings is 1. The Labute approximate surface area is 152 Å². The molecule has 0 amide bonds. The molecule has 0 aliphatic carbocycles. The van der Waals surface area contributed by atoms with Gasteiger partial charge in [0, 0.05) is 5.70 Å². The summed E-state index contributed by atoms with van der Waals surface area (Å²) in [6.07, 6.45) is 0. The minimum atomic E-state index is -0.617. The summed E-state index contributed by atoms with van der Waals surface area (Å²) in [6, 6.07) is 5.20. The smallest absolute Gasteiger partial charge is 0.317 e. The zero-order chi connectivity index (χ0) is 18.2. The fourth-order valence-corrected chi connectivity index (χ4v) is 3.12. The van der Waals surface area contributed by atoms with E-state index in [4.69, 9.17) is 26.4 Å². The first-order valence-corrected chi connectivity index (χ1v) is 8.54. The lowest BCUT2D eigenvalue weighted by atomic mass is 9.88. The van der Waals surface area contributed by atoms with Crippen molar-refractivity contribution < 1.29 is 19.0 Å². The second-order valence-electron chi connectivity index (χ2n) is 7.02. The van der Waals surface area contributed by atoms with Crippen molar-refractivity contribution in [2.75, 3.05) is 13.2 Å². The van der Waals surface area contributed by atoms with Crippen LogP contribution in [0, 0.1) is 5.92 Å². The Balaban J connectivity index is 1.93. The number of hydrogen-bond donors (Lipinski definition) is 2. The van der Waals surface area contributed by atoms with Crippen molar-refractivity contribution in [3.05, 3.63) is 36.0 Å². The van der Waals surface area contributed by atoms with E-state index in [-0.39, 0.29) is 5.97 Å². The molecule has 2 atom stereocenters. The molecule has 25 heavy (non-hydrogen) atoms. The Kier molecular flexibility index (Phi) is 4.60. The average Bonchev–Trinajstić information content (AvgIpc) is 2.51. The Morgan fingerprint density at radius 1 is 1.28 bits per heavy atom. The van der Waals surface area contributed by atoms with E-state index < -0.39 is 17.6 Å². The molecule has 1 saturated heterocycles. The number of rotatable bonds is 2. The second-order valence-corrected chi connectivity index (χ2v) is 7.42. The van der Waals surface area contributed by atoms with Gasteiger partial charge in [-0.2, -0.15) is 0 Å². The number of carbonyl (C=O) groups excluding carboxylic acids is 1. The lowest BCUT2D eigenvalue weighted by molar-refractivity contribution is -0.159. The number of nitrogens with one attached hydrogen (secondary N) is 2. The summed E-state index contributed by atoms with van der Waals surface area (Å²) in [7, 11) is 0. The maximum atomic E-state index is 12.7. The third kappa shape index (κ3) is 3.87. The summed E-state index contributed by atoms with van der Waals surface area (Å²) in [5, 5.41) is 6.50. The molecule has 1 aromatic carbocycles. The van der Waals surface area contributed by atoms with Crippen LogP contribution in [0.2, 0.25) is 0 Å².